The normalized spacial score (nSPS) is 16.8. The van der Waals surface area contributed by atoms with Gasteiger partial charge in [-0.2, -0.15) is 0 Å². The van der Waals surface area contributed by atoms with Gasteiger partial charge in [-0.1, -0.05) is 45.4 Å². The second-order valence-corrected chi connectivity index (χ2v) is 6.06. The van der Waals surface area contributed by atoms with Crippen LogP contribution in [0.1, 0.15) is 46.5 Å². The summed E-state index contributed by atoms with van der Waals surface area (Å²) in [5.74, 6) is 2.64. The highest BCUT2D eigenvalue weighted by atomic mass is 19.1. The van der Waals surface area contributed by atoms with Crippen molar-refractivity contribution >= 4 is 12.9 Å². The lowest BCUT2D eigenvalue weighted by atomic mass is 9.88. The Kier molecular flexibility index (Phi) is 13.2. The van der Waals surface area contributed by atoms with Gasteiger partial charge in [0.1, 0.15) is 5.83 Å². The van der Waals surface area contributed by atoms with Crippen molar-refractivity contribution < 1.29 is 4.39 Å². The van der Waals surface area contributed by atoms with Crippen molar-refractivity contribution in [2.75, 3.05) is 6.54 Å². The molecule has 0 aromatic heterocycles. The number of rotatable bonds is 12. The van der Waals surface area contributed by atoms with Gasteiger partial charge in [-0.3, -0.25) is 9.98 Å². The van der Waals surface area contributed by atoms with Crippen molar-refractivity contribution in [1.82, 2.24) is 0 Å². The van der Waals surface area contributed by atoms with Crippen LogP contribution in [0, 0.1) is 30.1 Å². The molecular formula is C21H32FN3. The Balaban J connectivity index is 5.12. The maximum Gasteiger partial charge on any atom is 0.105 e. The van der Waals surface area contributed by atoms with Gasteiger partial charge in [-0.15, -0.1) is 12.3 Å². The summed E-state index contributed by atoms with van der Waals surface area (Å²) >= 11 is 0. The third kappa shape index (κ3) is 9.79. The number of hydrogen-bond donors (Lipinski definition) is 1. The molecule has 138 valence electrons. The molecule has 0 aromatic rings. The van der Waals surface area contributed by atoms with Crippen molar-refractivity contribution in [3.8, 4) is 12.3 Å². The predicted octanol–water partition coefficient (Wildman–Crippen LogP) is 5.07. The van der Waals surface area contributed by atoms with Crippen molar-refractivity contribution in [1.29, 1.82) is 0 Å². The Labute approximate surface area is 152 Å². The molecule has 0 heterocycles. The highest BCUT2D eigenvalue weighted by molar-refractivity contribution is 5.59. The minimum absolute atomic E-state index is 0.210. The van der Waals surface area contributed by atoms with E-state index in [4.69, 9.17) is 12.2 Å². The van der Waals surface area contributed by atoms with Gasteiger partial charge in [-0.05, 0) is 37.9 Å². The molecule has 0 aliphatic carbocycles. The van der Waals surface area contributed by atoms with Gasteiger partial charge in [0, 0.05) is 18.8 Å². The molecule has 25 heavy (non-hydrogen) atoms. The molecule has 2 N–H and O–H groups in total. The number of terminal acetylenes is 1. The van der Waals surface area contributed by atoms with Crippen molar-refractivity contribution in [3.05, 3.63) is 36.0 Å². The molecule has 0 bridgehead atoms. The molecule has 0 amide bonds. The van der Waals surface area contributed by atoms with Gasteiger partial charge in [-0.25, -0.2) is 4.39 Å². The van der Waals surface area contributed by atoms with Crippen LogP contribution in [0.25, 0.3) is 0 Å². The monoisotopic (exact) mass is 345 g/mol. The molecule has 0 spiro atoms. The molecule has 0 saturated heterocycles. The first-order valence-corrected chi connectivity index (χ1v) is 8.85. The molecule has 0 aliphatic rings. The zero-order valence-corrected chi connectivity index (χ0v) is 15.8. The maximum absolute atomic E-state index is 14.6. The van der Waals surface area contributed by atoms with E-state index in [2.05, 4.69) is 42.5 Å². The van der Waals surface area contributed by atoms with E-state index in [0.29, 0.717) is 37.4 Å². The molecule has 0 aliphatic heterocycles. The standard InChI is InChI=1S/C21H32FN3/c1-6-8-9-11-19(17(3)7-2)12-13-20(22)18(4)21(16-24-5)25-15-10-14-23/h1,9,11,13,15-19H,5,7-8,10,12,14,23H2,2-4H3/b11-9?,20-13+,21-16-,25-15?. The van der Waals surface area contributed by atoms with E-state index in [1.54, 1.807) is 19.2 Å². The van der Waals surface area contributed by atoms with E-state index in [9.17, 15) is 4.39 Å². The van der Waals surface area contributed by atoms with Gasteiger partial charge >= 0.3 is 0 Å². The second-order valence-electron chi connectivity index (χ2n) is 6.06. The summed E-state index contributed by atoms with van der Waals surface area (Å²) in [5, 5.41) is 0. The molecule has 3 atom stereocenters. The Morgan fingerprint density at radius 1 is 1.40 bits per heavy atom. The topological polar surface area (TPSA) is 50.7 Å². The van der Waals surface area contributed by atoms with Crippen LogP contribution in [0.15, 0.2) is 45.9 Å². The molecule has 0 radical (unpaired) electrons. The van der Waals surface area contributed by atoms with E-state index in [1.807, 2.05) is 6.08 Å². The highest BCUT2D eigenvalue weighted by Gasteiger charge is 2.16. The fraction of sp³-hybridized carbons (Fsp3) is 0.524. The highest BCUT2D eigenvalue weighted by Crippen LogP contribution is 2.26. The fourth-order valence-electron chi connectivity index (χ4n) is 2.28. The lowest BCUT2D eigenvalue weighted by Gasteiger charge is -2.18. The number of allylic oxidation sites excluding steroid dienone is 4. The first kappa shape index (κ1) is 23.0. The van der Waals surface area contributed by atoms with Gasteiger partial charge in [0.2, 0.25) is 0 Å². The first-order chi connectivity index (χ1) is 12.0. The summed E-state index contributed by atoms with van der Waals surface area (Å²) in [4.78, 5) is 7.99. The number of hydrogen-bond acceptors (Lipinski definition) is 3. The zero-order valence-electron chi connectivity index (χ0n) is 15.8. The van der Waals surface area contributed by atoms with E-state index >= 15 is 0 Å². The van der Waals surface area contributed by atoms with Crippen LogP contribution in [0.5, 0.6) is 0 Å². The quantitative estimate of drug-likeness (QED) is 0.300. The van der Waals surface area contributed by atoms with E-state index in [-0.39, 0.29) is 11.7 Å². The molecule has 0 saturated carbocycles. The first-order valence-electron chi connectivity index (χ1n) is 8.85. The third-order valence-corrected chi connectivity index (χ3v) is 4.20. The molecule has 3 unspecified atom stereocenters. The van der Waals surface area contributed by atoms with Crippen molar-refractivity contribution in [3.63, 3.8) is 0 Å². The predicted molar refractivity (Wildman–Crippen MR) is 108 cm³/mol. The minimum Gasteiger partial charge on any atom is -0.330 e. The molecule has 0 rings (SSSR count). The minimum atomic E-state index is -0.466. The third-order valence-electron chi connectivity index (χ3n) is 4.20. The van der Waals surface area contributed by atoms with Crippen LogP contribution in [0.2, 0.25) is 0 Å². The molecular weight excluding hydrogens is 313 g/mol. The lowest BCUT2D eigenvalue weighted by Crippen LogP contribution is -2.08. The summed E-state index contributed by atoms with van der Waals surface area (Å²) in [5.41, 5.74) is 5.99. The van der Waals surface area contributed by atoms with Crippen LogP contribution in [0.3, 0.4) is 0 Å². The second kappa shape index (κ2) is 14.4. The summed E-state index contributed by atoms with van der Waals surface area (Å²) < 4.78 is 14.6. The number of nitrogens with zero attached hydrogens (tertiary/aromatic N) is 2. The maximum atomic E-state index is 14.6. The van der Waals surface area contributed by atoms with Crippen LogP contribution in [-0.2, 0) is 0 Å². The Bertz CT molecular complexity index is 538. The molecule has 0 fully saturated rings. The van der Waals surface area contributed by atoms with Gasteiger partial charge in [0.05, 0.1) is 11.6 Å². The molecule has 0 aromatic carbocycles. The Morgan fingerprint density at radius 3 is 2.68 bits per heavy atom. The van der Waals surface area contributed by atoms with E-state index < -0.39 is 5.92 Å². The number of aliphatic imine (C=N–C) groups is 2. The molecule has 3 nitrogen and oxygen atoms in total. The summed E-state index contributed by atoms with van der Waals surface area (Å²) in [7, 11) is 0. The smallest absolute Gasteiger partial charge is 0.105 e. The summed E-state index contributed by atoms with van der Waals surface area (Å²) in [6, 6.07) is 0. The fourth-order valence-corrected chi connectivity index (χ4v) is 2.28. The Hall–Kier alpha value is -1.99. The zero-order chi connectivity index (χ0) is 19.1. The van der Waals surface area contributed by atoms with Crippen LogP contribution >= 0.6 is 0 Å². The van der Waals surface area contributed by atoms with Gasteiger partial charge < -0.3 is 5.73 Å². The summed E-state index contributed by atoms with van der Waals surface area (Å²) in [6.07, 6.45) is 17.1. The average Bonchev–Trinajstić information content (AvgIpc) is 2.62. The van der Waals surface area contributed by atoms with E-state index in [0.717, 1.165) is 6.42 Å². The Morgan fingerprint density at radius 2 is 2.12 bits per heavy atom. The average molecular weight is 346 g/mol. The van der Waals surface area contributed by atoms with Crippen molar-refractivity contribution in [2.24, 2.45) is 33.5 Å². The summed E-state index contributed by atoms with van der Waals surface area (Å²) in [6.45, 7) is 10.0. The van der Waals surface area contributed by atoms with Gasteiger partial charge in [0.25, 0.3) is 0 Å². The van der Waals surface area contributed by atoms with Crippen LogP contribution in [0.4, 0.5) is 4.39 Å². The van der Waals surface area contributed by atoms with E-state index in [1.165, 1.54) is 6.20 Å². The lowest BCUT2D eigenvalue weighted by molar-refractivity contribution is 0.413. The largest absolute Gasteiger partial charge is 0.330 e. The number of nitrogens with two attached hydrogens (primary N) is 1. The van der Waals surface area contributed by atoms with Crippen LogP contribution < -0.4 is 5.73 Å². The van der Waals surface area contributed by atoms with Gasteiger partial charge in [0.15, 0.2) is 0 Å². The number of halogens is 1. The SMILES string of the molecule is C#CCC=CC(C/C=C(/F)C(C)/C(=C/N=C)N=CCCN)C(C)CC. The van der Waals surface area contributed by atoms with Crippen LogP contribution in [-0.4, -0.2) is 19.5 Å². The van der Waals surface area contributed by atoms with Crippen molar-refractivity contribution in [2.45, 2.75) is 46.5 Å². The molecule has 4 heteroatoms.